The van der Waals surface area contributed by atoms with E-state index in [1.165, 1.54) is 39.5 Å². The number of halogens is 2. The first-order chi connectivity index (χ1) is 18.4. The first-order valence-corrected chi connectivity index (χ1v) is 14.5. The predicted octanol–water partition coefficient (Wildman–Crippen LogP) is 7.63. The van der Waals surface area contributed by atoms with Gasteiger partial charge in [0, 0.05) is 34.7 Å². The normalized spacial score (nSPS) is 10.2. The van der Waals surface area contributed by atoms with Gasteiger partial charge >= 0.3 is 0 Å². The number of aliphatic hydroxyl groups excluding tert-OH is 1. The number of hydrogen-bond donors (Lipinski definition) is 2. The highest BCUT2D eigenvalue weighted by molar-refractivity contribution is 9.10. The standard InChI is InChI=1S/C14H20BrNO.C13H17BrO2.C2H6O.CH5NO/c1-10-8-13(9-11(2)14(10)15)17-7-5-6-12(3)16-4;1-9-7-12(8-10(2)13(9)14)16-6-4-5-11(3)15;1-2-3;1-3-2/h8-9H,5-7H2,1-4H3;7-8H,4-6H2,1-3H3;3H,2H2,1H3;2H2,1H3. The lowest BCUT2D eigenvalue weighted by atomic mass is 10.1. The highest BCUT2D eigenvalue weighted by Gasteiger charge is 2.04. The van der Waals surface area contributed by atoms with Crippen LogP contribution in [0.5, 0.6) is 11.5 Å². The largest absolute Gasteiger partial charge is 0.494 e. The number of aryl methyl sites for hydroxylation is 4. The third kappa shape index (κ3) is 19.9. The Labute approximate surface area is 252 Å². The average Bonchev–Trinajstić information content (AvgIpc) is 2.87. The van der Waals surface area contributed by atoms with Gasteiger partial charge in [0.1, 0.15) is 17.3 Å². The zero-order chi connectivity index (χ0) is 30.4. The van der Waals surface area contributed by atoms with Crippen molar-refractivity contribution >= 4 is 43.4 Å². The van der Waals surface area contributed by atoms with Gasteiger partial charge in [0.25, 0.3) is 0 Å². The lowest BCUT2D eigenvalue weighted by Crippen LogP contribution is -2.01. The molecule has 0 aliphatic carbocycles. The van der Waals surface area contributed by atoms with Crippen LogP contribution in [0.4, 0.5) is 0 Å². The lowest BCUT2D eigenvalue weighted by molar-refractivity contribution is -0.117. The molecule has 9 heteroatoms. The zero-order valence-corrected chi connectivity index (χ0v) is 28.3. The van der Waals surface area contributed by atoms with Crippen LogP contribution in [-0.4, -0.2) is 50.6 Å². The maximum atomic E-state index is 10.7. The molecule has 2 aromatic rings. The van der Waals surface area contributed by atoms with Gasteiger partial charge < -0.3 is 24.2 Å². The number of ketones is 1. The molecule has 222 valence electrons. The Balaban J connectivity index is 0. The molecule has 0 bridgehead atoms. The van der Waals surface area contributed by atoms with Crippen LogP contribution in [-0.2, 0) is 9.63 Å². The molecular weight excluding hydrogens is 628 g/mol. The van der Waals surface area contributed by atoms with Crippen molar-refractivity contribution in [1.29, 1.82) is 0 Å². The number of benzene rings is 2. The molecule has 2 rings (SSSR count). The summed E-state index contributed by atoms with van der Waals surface area (Å²) in [5.41, 5.74) is 5.94. The molecule has 0 aliphatic rings. The van der Waals surface area contributed by atoms with Crippen LogP contribution in [0.15, 0.2) is 38.2 Å². The monoisotopic (exact) mass is 674 g/mol. The molecule has 0 saturated carbocycles. The van der Waals surface area contributed by atoms with Crippen molar-refractivity contribution in [3.05, 3.63) is 55.5 Å². The molecule has 0 aromatic heterocycles. The Kier molecular flexibility index (Phi) is 24.3. The summed E-state index contributed by atoms with van der Waals surface area (Å²) in [7, 11) is 3.23. The van der Waals surface area contributed by atoms with Gasteiger partial charge in [-0.3, -0.25) is 4.99 Å². The minimum atomic E-state index is 0.215. The molecule has 7 nitrogen and oxygen atoms in total. The van der Waals surface area contributed by atoms with Crippen molar-refractivity contribution in [3.63, 3.8) is 0 Å². The summed E-state index contributed by atoms with van der Waals surface area (Å²) < 4.78 is 13.6. The summed E-state index contributed by atoms with van der Waals surface area (Å²) in [5, 5.41) is 7.57. The van der Waals surface area contributed by atoms with Gasteiger partial charge in [-0.2, -0.15) is 0 Å². The number of aliphatic hydroxyl groups is 1. The molecule has 3 N–H and O–H groups in total. The van der Waals surface area contributed by atoms with E-state index in [0.717, 1.165) is 41.8 Å². The minimum Gasteiger partial charge on any atom is -0.494 e. The number of ether oxygens (including phenoxy) is 2. The molecule has 0 saturated heterocycles. The third-order valence-electron chi connectivity index (χ3n) is 5.10. The Hall–Kier alpha value is -1.78. The van der Waals surface area contributed by atoms with Crippen LogP contribution in [0.25, 0.3) is 0 Å². The first-order valence-electron chi connectivity index (χ1n) is 12.9. The fourth-order valence-electron chi connectivity index (χ4n) is 3.12. The quantitative estimate of drug-likeness (QED) is 0.152. The van der Waals surface area contributed by atoms with E-state index < -0.39 is 0 Å². The number of carbonyl (C=O) groups is 1. The highest BCUT2D eigenvalue weighted by atomic mass is 79.9. The van der Waals surface area contributed by atoms with Gasteiger partial charge in [0.2, 0.25) is 0 Å². The first kappa shape index (κ1) is 39.4. The second-order valence-corrected chi connectivity index (χ2v) is 10.4. The minimum absolute atomic E-state index is 0.215. The predicted molar refractivity (Wildman–Crippen MR) is 170 cm³/mol. The van der Waals surface area contributed by atoms with E-state index in [1.54, 1.807) is 13.8 Å². The lowest BCUT2D eigenvalue weighted by Gasteiger charge is -2.10. The fraction of sp³-hybridized carbons (Fsp3) is 0.533. The Bertz CT molecular complexity index is 949. The Morgan fingerprint density at radius 1 is 0.846 bits per heavy atom. The van der Waals surface area contributed by atoms with Crippen molar-refractivity contribution in [1.82, 2.24) is 0 Å². The fourth-order valence-corrected chi connectivity index (χ4v) is 3.58. The summed E-state index contributed by atoms with van der Waals surface area (Å²) in [6, 6.07) is 8.14. The smallest absolute Gasteiger partial charge is 0.129 e. The summed E-state index contributed by atoms with van der Waals surface area (Å²) >= 11 is 7.07. The molecule has 0 aliphatic heterocycles. The van der Waals surface area contributed by atoms with Crippen LogP contribution in [0.2, 0.25) is 0 Å². The zero-order valence-electron chi connectivity index (χ0n) is 25.1. The SMILES string of the molecule is CC(=O)CCCOc1cc(C)c(Br)c(C)c1.CCO.CN=C(C)CCCOc1cc(C)c(Br)c(C)c1.CON. The van der Waals surface area contributed by atoms with E-state index in [0.29, 0.717) is 13.0 Å². The van der Waals surface area contributed by atoms with Crippen LogP contribution in [0.1, 0.15) is 68.7 Å². The number of aliphatic imine (C=N–C) groups is 1. The van der Waals surface area contributed by atoms with Gasteiger partial charge in [-0.25, -0.2) is 5.90 Å². The van der Waals surface area contributed by atoms with Crippen molar-refractivity contribution in [3.8, 4) is 11.5 Å². The van der Waals surface area contributed by atoms with Crippen molar-refractivity contribution in [2.24, 2.45) is 10.9 Å². The van der Waals surface area contributed by atoms with Gasteiger partial charge in [-0.15, -0.1) is 0 Å². The summed E-state index contributed by atoms with van der Waals surface area (Å²) in [6.07, 6.45) is 3.39. The molecule has 0 radical (unpaired) electrons. The molecule has 2 aromatic carbocycles. The Morgan fingerprint density at radius 2 is 1.15 bits per heavy atom. The Morgan fingerprint density at radius 3 is 1.44 bits per heavy atom. The van der Waals surface area contributed by atoms with Gasteiger partial charge in [-0.1, -0.05) is 31.9 Å². The van der Waals surface area contributed by atoms with Crippen LogP contribution in [0.3, 0.4) is 0 Å². The molecular formula is C30H48Br2N2O5. The molecule has 0 amide bonds. The maximum absolute atomic E-state index is 10.7. The van der Waals surface area contributed by atoms with Gasteiger partial charge in [0.15, 0.2) is 0 Å². The molecule has 0 atom stereocenters. The number of rotatable bonds is 10. The second kappa shape index (κ2) is 24.1. The highest BCUT2D eigenvalue weighted by Crippen LogP contribution is 2.27. The maximum Gasteiger partial charge on any atom is 0.129 e. The van der Waals surface area contributed by atoms with Crippen LogP contribution in [0, 0.1) is 27.7 Å². The second-order valence-electron chi connectivity index (χ2n) is 8.86. The number of nitrogens with zero attached hydrogens (tertiary/aromatic N) is 1. The van der Waals surface area contributed by atoms with E-state index in [9.17, 15) is 4.79 Å². The number of carbonyl (C=O) groups excluding carboxylic acids is 1. The van der Waals surface area contributed by atoms with E-state index in [2.05, 4.69) is 73.6 Å². The third-order valence-corrected chi connectivity index (χ3v) is 7.60. The molecule has 0 spiro atoms. The molecule has 0 fully saturated rings. The molecule has 0 heterocycles. The van der Waals surface area contributed by atoms with Crippen molar-refractivity contribution < 1.29 is 24.2 Å². The van der Waals surface area contributed by atoms with E-state index in [-0.39, 0.29) is 12.4 Å². The summed E-state index contributed by atoms with van der Waals surface area (Å²) in [5.74, 6) is 6.39. The number of hydrogen-bond acceptors (Lipinski definition) is 7. The molecule has 0 unspecified atom stereocenters. The van der Waals surface area contributed by atoms with Crippen molar-refractivity contribution in [2.75, 3.05) is 34.0 Å². The average molecular weight is 677 g/mol. The topological polar surface area (TPSA) is 103 Å². The summed E-state index contributed by atoms with van der Waals surface area (Å²) in [4.78, 5) is 18.6. The number of nitrogens with two attached hydrogens (primary N) is 1. The van der Waals surface area contributed by atoms with Crippen molar-refractivity contribution in [2.45, 2.75) is 74.1 Å². The molecule has 39 heavy (non-hydrogen) atoms. The van der Waals surface area contributed by atoms with Crippen LogP contribution < -0.4 is 15.4 Å². The van der Waals surface area contributed by atoms with E-state index >= 15 is 0 Å². The summed E-state index contributed by atoms with van der Waals surface area (Å²) in [6.45, 7) is 15.2. The number of Topliss-reactive ketones (excluding diaryl/α,β-unsaturated/α-hetero) is 1. The van der Waals surface area contributed by atoms with E-state index in [4.69, 9.17) is 14.6 Å². The van der Waals surface area contributed by atoms with E-state index in [1.807, 2.05) is 40.0 Å². The van der Waals surface area contributed by atoms with Gasteiger partial charge in [-0.05, 0) is 114 Å². The van der Waals surface area contributed by atoms with Gasteiger partial charge in [0.05, 0.1) is 20.3 Å². The van der Waals surface area contributed by atoms with Crippen LogP contribution >= 0.6 is 31.9 Å².